The number of aliphatic hydroxyl groups is 7. The molecule has 2 saturated heterocycles. The first-order valence-corrected chi connectivity index (χ1v) is 13.8. The van der Waals surface area contributed by atoms with Crippen LogP contribution in [-0.2, 0) is 41.1 Å². The zero-order valence-electron chi connectivity index (χ0n) is 17.2. The molecule has 11 N–H and O–H groups in total. The van der Waals surface area contributed by atoms with Gasteiger partial charge in [0.1, 0.15) is 43.2 Å². The topological polar surface area (TPSA) is 329 Å². The standard InChI is InChI=1S/C12H25O20P3/c13-1-4-6(16)8(18)9(19)11(27-4)29-12(3-15)10(7(17)5(2-14)28-12)30-34(23,24)32-35(25,26)31-33(20,21)22/h4-11,13-19H,1-3H2,(H,23,24)(H,25,26)(H2,20,21,22)/t4-,5-,6-,7-,8+,9-,10+,11-,12+/m1/s1. The first-order valence-electron chi connectivity index (χ1n) is 9.29. The Kier molecular flexibility index (Phi) is 10.2. The van der Waals surface area contributed by atoms with Crippen LogP contribution in [-0.4, -0.2) is 130 Å². The minimum Gasteiger partial charge on any atom is -0.394 e. The average Bonchev–Trinajstić information content (AvgIpc) is 2.97. The summed E-state index contributed by atoms with van der Waals surface area (Å²) in [7, 11) is -17.7. The van der Waals surface area contributed by atoms with E-state index in [0.717, 1.165) is 0 Å². The minimum absolute atomic E-state index is 0.912. The predicted molar refractivity (Wildman–Crippen MR) is 101 cm³/mol. The lowest BCUT2D eigenvalue weighted by Gasteiger charge is -2.43. The molecule has 0 spiro atoms. The van der Waals surface area contributed by atoms with E-state index in [1.165, 1.54) is 0 Å². The van der Waals surface area contributed by atoms with E-state index >= 15 is 0 Å². The molecule has 208 valence electrons. The molecule has 35 heavy (non-hydrogen) atoms. The number of phosphoric acid groups is 3. The SMILES string of the molecule is O=P(O)(O)OP(=O)(O)OP(=O)(O)O[C@H]1[C@H](O)[C@@H](CO)O[C@@]1(CO)O[C@H]1O[C@H](CO)[C@@H](O)[C@H](O)[C@H]1O. The Morgan fingerprint density at radius 1 is 0.743 bits per heavy atom. The molecular weight excluding hydrogens is 557 g/mol. The van der Waals surface area contributed by atoms with E-state index in [9.17, 15) is 59.2 Å². The number of hydrogen-bond donors (Lipinski definition) is 11. The molecule has 20 nitrogen and oxygen atoms in total. The lowest BCUT2D eigenvalue weighted by atomic mass is 9.99. The first-order chi connectivity index (χ1) is 15.9. The first kappa shape index (κ1) is 31.2. The third-order valence-electron chi connectivity index (χ3n) is 4.70. The molecule has 0 radical (unpaired) electrons. The zero-order chi connectivity index (χ0) is 27.0. The van der Waals surface area contributed by atoms with Crippen molar-refractivity contribution in [2.45, 2.75) is 54.8 Å². The quantitative estimate of drug-likeness (QED) is 0.102. The van der Waals surface area contributed by atoms with E-state index in [-0.39, 0.29) is 0 Å². The maximum Gasteiger partial charge on any atom is 0.490 e. The highest BCUT2D eigenvalue weighted by molar-refractivity contribution is 7.66. The van der Waals surface area contributed by atoms with Crippen molar-refractivity contribution in [2.75, 3.05) is 19.8 Å². The molecule has 0 saturated carbocycles. The lowest BCUT2D eigenvalue weighted by Crippen LogP contribution is -2.62. The van der Waals surface area contributed by atoms with Crippen molar-refractivity contribution in [1.29, 1.82) is 0 Å². The highest BCUT2D eigenvalue weighted by Gasteiger charge is 2.62. The summed E-state index contributed by atoms with van der Waals surface area (Å²) in [5.74, 6) is -2.86. The van der Waals surface area contributed by atoms with Gasteiger partial charge in [-0.15, -0.1) is 0 Å². The van der Waals surface area contributed by atoms with E-state index < -0.39 is 98.1 Å². The molecule has 11 atom stereocenters. The van der Waals surface area contributed by atoms with Crippen LogP contribution in [0.25, 0.3) is 0 Å². The van der Waals surface area contributed by atoms with Crippen LogP contribution in [0.2, 0.25) is 0 Å². The number of aliphatic hydroxyl groups excluding tert-OH is 7. The molecule has 2 heterocycles. The Morgan fingerprint density at radius 3 is 1.80 bits per heavy atom. The molecule has 0 aliphatic carbocycles. The minimum atomic E-state index is -5.99. The summed E-state index contributed by atoms with van der Waals surface area (Å²) in [6, 6.07) is 0. The molecule has 0 aromatic rings. The monoisotopic (exact) mass is 582 g/mol. The molecular formula is C12H25O20P3. The fraction of sp³-hybridized carbons (Fsp3) is 1.00. The number of hydrogen-bond acceptors (Lipinski definition) is 16. The molecule has 2 rings (SSSR count). The van der Waals surface area contributed by atoms with Gasteiger partial charge in [-0.05, 0) is 0 Å². The smallest absolute Gasteiger partial charge is 0.394 e. The fourth-order valence-electron chi connectivity index (χ4n) is 3.20. The van der Waals surface area contributed by atoms with Crippen LogP contribution in [0.3, 0.4) is 0 Å². The van der Waals surface area contributed by atoms with Gasteiger partial charge in [0.25, 0.3) is 0 Å². The maximum absolute atomic E-state index is 12.3. The fourth-order valence-corrected chi connectivity index (χ4v) is 6.43. The summed E-state index contributed by atoms with van der Waals surface area (Å²) in [6.45, 7) is -3.38. The number of rotatable bonds is 11. The lowest BCUT2D eigenvalue weighted by molar-refractivity contribution is -0.382. The Balaban J connectivity index is 2.34. The zero-order valence-corrected chi connectivity index (χ0v) is 19.9. The van der Waals surface area contributed by atoms with Crippen LogP contribution in [0.5, 0.6) is 0 Å². The van der Waals surface area contributed by atoms with Crippen molar-refractivity contribution in [3.8, 4) is 0 Å². The van der Waals surface area contributed by atoms with Crippen LogP contribution in [0.1, 0.15) is 0 Å². The van der Waals surface area contributed by atoms with Crippen molar-refractivity contribution in [3.63, 3.8) is 0 Å². The largest absolute Gasteiger partial charge is 0.490 e. The predicted octanol–water partition coefficient (Wildman–Crippen LogP) is -5.04. The normalized spacial score (nSPS) is 41.9. The highest BCUT2D eigenvalue weighted by Crippen LogP contribution is 2.67. The van der Waals surface area contributed by atoms with E-state index in [0.29, 0.717) is 0 Å². The summed E-state index contributed by atoms with van der Waals surface area (Å²) in [6.07, 6.45) is -15.9. The van der Waals surface area contributed by atoms with Crippen molar-refractivity contribution >= 4 is 23.5 Å². The Bertz CT molecular complexity index is 862. The molecule has 0 amide bonds. The van der Waals surface area contributed by atoms with Gasteiger partial charge in [0.05, 0.1) is 13.2 Å². The Hall–Kier alpha value is 0.0100. The molecule has 0 aromatic heterocycles. The van der Waals surface area contributed by atoms with Gasteiger partial charge in [0, 0.05) is 0 Å². The van der Waals surface area contributed by atoms with Gasteiger partial charge in [0.15, 0.2) is 12.4 Å². The van der Waals surface area contributed by atoms with E-state index in [2.05, 4.69) is 13.1 Å². The third kappa shape index (κ3) is 7.53. The average molecular weight is 582 g/mol. The van der Waals surface area contributed by atoms with E-state index in [1.807, 2.05) is 0 Å². The number of phosphoric ester groups is 1. The van der Waals surface area contributed by atoms with Gasteiger partial charge in [-0.25, -0.2) is 13.7 Å². The van der Waals surface area contributed by atoms with Crippen LogP contribution in [0.4, 0.5) is 0 Å². The molecule has 2 fully saturated rings. The van der Waals surface area contributed by atoms with Crippen LogP contribution in [0, 0.1) is 0 Å². The van der Waals surface area contributed by atoms with Crippen molar-refractivity contribution in [1.82, 2.24) is 0 Å². The Morgan fingerprint density at radius 2 is 1.31 bits per heavy atom. The van der Waals surface area contributed by atoms with Gasteiger partial charge in [-0.1, -0.05) is 0 Å². The van der Waals surface area contributed by atoms with Crippen LogP contribution < -0.4 is 0 Å². The van der Waals surface area contributed by atoms with Crippen molar-refractivity contribution in [3.05, 3.63) is 0 Å². The second-order valence-corrected chi connectivity index (χ2v) is 11.6. The summed E-state index contributed by atoms with van der Waals surface area (Å²) < 4.78 is 61.6. The molecule has 2 unspecified atom stereocenters. The van der Waals surface area contributed by atoms with Gasteiger partial charge >= 0.3 is 23.5 Å². The molecule has 2 aliphatic rings. The van der Waals surface area contributed by atoms with Gasteiger partial charge in [-0.2, -0.15) is 8.62 Å². The second kappa shape index (κ2) is 11.4. The summed E-state index contributed by atoms with van der Waals surface area (Å²) in [5.41, 5.74) is 0. The second-order valence-electron chi connectivity index (χ2n) is 7.23. The molecule has 23 heteroatoms. The summed E-state index contributed by atoms with van der Waals surface area (Å²) >= 11 is 0. The molecule has 0 bridgehead atoms. The molecule has 0 aromatic carbocycles. The third-order valence-corrected chi connectivity index (χ3v) is 8.52. The Labute approximate surface area is 195 Å². The van der Waals surface area contributed by atoms with Crippen LogP contribution >= 0.6 is 23.5 Å². The van der Waals surface area contributed by atoms with Gasteiger partial charge in [-0.3, -0.25) is 4.52 Å². The highest BCUT2D eigenvalue weighted by atomic mass is 31.3. The maximum atomic E-state index is 12.3. The number of ether oxygens (including phenoxy) is 3. The summed E-state index contributed by atoms with van der Waals surface area (Å²) in [5, 5.41) is 68.8. The van der Waals surface area contributed by atoms with E-state index in [1.54, 1.807) is 0 Å². The van der Waals surface area contributed by atoms with Gasteiger partial charge < -0.3 is 69.5 Å². The summed E-state index contributed by atoms with van der Waals surface area (Å²) in [4.78, 5) is 36.3. The van der Waals surface area contributed by atoms with E-state index in [4.69, 9.17) is 24.0 Å². The van der Waals surface area contributed by atoms with Crippen molar-refractivity contribution < 1.29 is 96.4 Å². The molecule has 2 aliphatic heterocycles. The van der Waals surface area contributed by atoms with Gasteiger partial charge in [0.2, 0.25) is 5.79 Å². The van der Waals surface area contributed by atoms with Crippen molar-refractivity contribution in [2.24, 2.45) is 0 Å². The van der Waals surface area contributed by atoms with Crippen LogP contribution in [0.15, 0.2) is 0 Å².